The third kappa shape index (κ3) is 2.54. The molecule has 3 rings (SSSR count). The maximum atomic E-state index is 12.1. The van der Waals surface area contributed by atoms with Gasteiger partial charge in [-0.3, -0.25) is 4.79 Å². The van der Waals surface area contributed by atoms with E-state index in [9.17, 15) is 4.79 Å². The Hall–Kier alpha value is -1.88. The van der Waals surface area contributed by atoms with Crippen LogP contribution in [-0.2, 0) is 4.79 Å². The molecule has 1 saturated heterocycles. The first-order valence-electron chi connectivity index (χ1n) is 7.17. The van der Waals surface area contributed by atoms with E-state index in [-0.39, 0.29) is 11.9 Å². The molecule has 0 spiro atoms. The number of fused-ring (bicyclic) bond motifs is 1. The van der Waals surface area contributed by atoms with E-state index in [2.05, 4.69) is 34.4 Å². The molecule has 1 aromatic heterocycles. The number of nitrogens with zero attached hydrogens (tertiary/aromatic N) is 1. The molecule has 1 atom stereocenters. The molecule has 2 heterocycles. The van der Waals surface area contributed by atoms with Crippen LogP contribution in [-0.4, -0.2) is 28.5 Å². The molecule has 0 radical (unpaired) electrons. The molecule has 5 nitrogen and oxygen atoms in total. The lowest BCUT2D eigenvalue weighted by Gasteiger charge is -2.10. The third-order valence-electron chi connectivity index (χ3n) is 3.69. The summed E-state index contributed by atoms with van der Waals surface area (Å²) >= 11 is 0. The Balaban J connectivity index is 1.79. The molecule has 0 aliphatic carbocycles. The van der Waals surface area contributed by atoms with E-state index in [0.29, 0.717) is 5.92 Å². The van der Waals surface area contributed by atoms with E-state index in [4.69, 9.17) is 0 Å². The summed E-state index contributed by atoms with van der Waals surface area (Å²) in [5, 5.41) is 6.17. The fourth-order valence-electron chi connectivity index (χ4n) is 2.52. The van der Waals surface area contributed by atoms with Gasteiger partial charge in [0, 0.05) is 11.6 Å². The summed E-state index contributed by atoms with van der Waals surface area (Å²) < 4.78 is 0. The van der Waals surface area contributed by atoms with E-state index in [1.807, 2.05) is 18.2 Å². The molecule has 5 heteroatoms. The number of rotatable bonds is 3. The topological polar surface area (TPSA) is 69.8 Å². The second-order valence-corrected chi connectivity index (χ2v) is 5.65. The minimum absolute atomic E-state index is 0.0467. The van der Waals surface area contributed by atoms with Crippen molar-refractivity contribution in [3.05, 3.63) is 24.0 Å². The summed E-state index contributed by atoms with van der Waals surface area (Å²) in [5.74, 6) is 1.38. The van der Waals surface area contributed by atoms with Crippen LogP contribution in [0.1, 0.15) is 38.4 Å². The highest BCUT2D eigenvalue weighted by Crippen LogP contribution is 2.21. The first kappa shape index (κ1) is 13.1. The number of aromatic nitrogens is 2. The van der Waals surface area contributed by atoms with Gasteiger partial charge in [-0.15, -0.1) is 0 Å². The molecule has 20 heavy (non-hydrogen) atoms. The van der Waals surface area contributed by atoms with Crippen molar-refractivity contribution in [1.29, 1.82) is 0 Å². The van der Waals surface area contributed by atoms with Crippen LogP contribution in [0.15, 0.2) is 18.2 Å². The zero-order chi connectivity index (χ0) is 14.1. The van der Waals surface area contributed by atoms with E-state index in [0.717, 1.165) is 41.9 Å². The molecule has 106 valence electrons. The average Bonchev–Trinajstić information content (AvgIpc) is 3.07. The molecule has 0 bridgehead atoms. The van der Waals surface area contributed by atoms with Gasteiger partial charge in [0.25, 0.3) is 0 Å². The summed E-state index contributed by atoms with van der Waals surface area (Å²) in [6.45, 7) is 5.13. The minimum Gasteiger partial charge on any atom is -0.342 e. The number of benzene rings is 1. The number of H-pyrrole nitrogens is 1. The SMILES string of the molecule is CC(C)c1nc2ccc(NC(=O)C3CCCN3)cc2[nH]1. The zero-order valence-electron chi connectivity index (χ0n) is 11.9. The van der Waals surface area contributed by atoms with Gasteiger partial charge in [0.2, 0.25) is 5.91 Å². The highest BCUT2D eigenvalue weighted by Gasteiger charge is 2.21. The Morgan fingerprint density at radius 3 is 3.00 bits per heavy atom. The minimum atomic E-state index is -0.0568. The van der Waals surface area contributed by atoms with Gasteiger partial charge in [-0.1, -0.05) is 13.8 Å². The van der Waals surface area contributed by atoms with E-state index in [1.165, 1.54) is 0 Å². The van der Waals surface area contributed by atoms with Gasteiger partial charge >= 0.3 is 0 Å². The number of hydrogen-bond donors (Lipinski definition) is 3. The maximum Gasteiger partial charge on any atom is 0.241 e. The molecule has 1 aliphatic rings. The second kappa shape index (κ2) is 5.25. The first-order chi connectivity index (χ1) is 9.63. The molecule has 0 saturated carbocycles. The fourth-order valence-corrected chi connectivity index (χ4v) is 2.52. The van der Waals surface area contributed by atoms with Crippen molar-refractivity contribution in [3.63, 3.8) is 0 Å². The van der Waals surface area contributed by atoms with Crippen molar-refractivity contribution in [3.8, 4) is 0 Å². The molecule has 1 aliphatic heterocycles. The highest BCUT2D eigenvalue weighted by molar-refractivity contribution is 5.96. The van der Waals surface area contributed by atoms with Crippen LogP contribution in [0.3, 0.4) is 0 Å². The summed E-state index contributed by atoms with van der Waals surface area (Å²) in [4.78, 5) is 19.9. The number of carbonyl (C=O) groups is 1. The molecule has 2 aromatic rings. The van der Waals surface area contributed by atoms with Crippen LogP contribution in [0.2, 0.25) is 0 Å². The van der Waals surface area contributed by atoms with Gasteiger partial charge in [0.05, 0.1) is 17.1 Å². The number of imidazole rings is 1. The highest BCUT2D eigenvalue weighted by atomic mass is 16.2. The van der Waals surface area contributed by atoms with Crippen LogP contribution in [0, 0.1) is 0 Å². The lowest BCUT2D eigenvalue weighted by molar-refractivity contribution is -0.117. The average molecular weight is 272 g/mol. The van der Waals surface area contributed by atoms with Crippen LogP contribution in [0.5, 0.6) is 0 Å². The van der Waals surface area contributed by atoms with Gasteiger partial charge in [0.1, 0.15) is 5.82 Å². The van der Waals surface area contributed by atoms with Crippen LogP contribution < -0.4 is 10.6 Å². The molecule has 1 amide bonds. The summed E-state index contributed by atoms with van der Waals surface area (Å²) in [6, 6.07) is 5.73. The van der Waals surface area contributed by atoms with E-state index < -0.39 is 0 Å². The lowest BCUT2D eigenvalue weighted by Crippen LogP contribution is -2.35. The summed E-state index contributed by atoms with van der Waals surface area (Å²) in [7, 11) is 0. The van der Waals surface area contributed by atoms with Crippen molar-refractivity contribution in [2.75, 3.05) is 11.9 Å². The smallest absolute Gasteiger partial charge is 0.241 e. The number of hydrogen-bond acceptors (Lipinski definition) is 3. The van der Waals surface area contributed by atoms with Gasteiger partial charge in [0.15, 0.2) is 0 Å². The van der Waals surface area contributed by atoms with Gasteiger partial charge in [-0.2, -0.15) is 0 Å². The predicted octanol–water partition coefficient (Wildman–Crippen LogP) is 2.38. The number of carbonyl (C=O) groups excluding carboxylic acids is 1. The quantitative estimate of drug-likeness (QED) is 0.803. The van der Waals surface area contributed by atoms with Crippen molar-refractivity contribution in [1.82, 2.24) is 15.3 Å². The van der Waals surface area contributed by atoms with E-state index >= 15 is 0 Å². The monoisotopic (exact) mass is 272 g/mol. The summed E-state index contributed by atoms with van der Waals surface area (Å²) in [6.07, 6.45) is 1.98. The normalized spacial score (nSPS) is 18.9. The number of anilines is 1. The maximum absolute atomic E-state index is 12.1. The molecular weight excluding hydrogens is 252 g/mol. The van der Waals surface area contributed by atoms with Gasteiger partial charge in [-0.25, -0.2) is 4.98 Å². The van der Waals surface area contributed by atoms with Gasteiger partial charge in [-0.05, 0) is 37.6 Å². The Kier molecular flexibility index (Phi) is 3.44. The van der Waals surface area contributed by atoms with Crippen molar-refractivity contribution in [2.24, 2.45) is 0 Å². The zero-order valence-corrected chi connectivity index (χ0v) is 11.9. The Bertz CT molecular complexity index is 626. The van der Waals surface area contributed by atoms with Crippen LogP contribution >= 0.6 is 0 Å². The number of amides is 1. The van der Waals surface area contributed by atoms with Crippen molar-refractivity contribution in [2.45, 2.75) is 38.6 Å². The van der Waals surface area contributed by atoms with Gasteiger partial charge < -0.3 is 15.6 Å². The largest absolute Gasteiger partial charge is 0.342 e. The second-order valence-electron chi connectivity index (χ2n) is 5.65. The third-order valence-corrected chi connectivity index (χ3v) is 3.69. The van der Waals surface area contributed by atoms with Crippen molar-refractivity contribution >= 4 is 22.6 Å². The Morgan fingerprint density at radius 2 is 2.30 bits per heavy atom. The van der Waals surface area contributed by atoms with Crippen LogP contribution in [0.25, 0.3) is 11.0 Å². The Labute approximate surface area is 118 Å². The first-order valence-corrected chi connectivity index (χ1v) is 7.17. The number of aromatic amines is 1. The lowest BCUT2D eigenvalue weighted by atomic mass is 10.2. The molecule has 1 fully saturated rings. The molecular formula is C15H20N4O. The summed E-state index contributed by atoms with van der Waals surface area (Å²) in [5.41, 5.74) is 2.71. The molecule has 1 unspecified atom stereocenters. The van der Waals surface area contributed by atoms with Crippen molar-refractivity contribution < 1.29 is 4.79 Å². The molecule has 1 aromatic carbocycles. The standard InChI is InChI=1S/C15H20N4O/c1-9(2)14-18-11-6-5-10(8-13(11)19-14)17-15(20)12-4-3-7-16-12/h5-6,8-9,12,16H,3-4,7H2,1-2H3,(H,17,20)(H,18,19). The fraction of sp³-hybridized carbons (Fsp3) is 0.467. The Morgan fingerprint density at radius 1 is 1.45 bits per heavy atom. The predicted molar refractivity (Wildman–Crippen MR) is 79.8 cm³/mol. The van der Waals surface area contributed by atoms with E-state index in [1.54, 1.807) is 0 Å². The van der Waals surface area contributed by atoms with Crippen LogP contribution in [0.4, 0.5) is 5.69 Å². The number of nitrogens with one attached hydrogen (secondary N) is 3. The molecule has 3 N–H and O–H groups in total.